The van der Waals surface area contributed by atoms with Gasteiger partial charge in [-0.05, 0) is 42.5 Å². The zero-order chi connectivity index (χ0) is 14.4. The van der Waals surface area contributed by atoms with E-state index in [0.29, 0.717) is 11.6 Å². The molecule has 0 bridgehead atoms. The Kier molecular flexibility index (Phi) is 2.57. The summed E-state index contributed by atoms with van der Waals surface area (Å²) in [6.07, 6.45) is 5.99. The number of hydrogen-bond donors (Lipinski definition) is 1. The molecule has 0 aliphatic heterocycles. The van der Waals surface area contributed by atoms with E-state index in [0.717, 1.165) is 35.0 Å². The van der Waals surface area contributed by atoms with E-state index in [1.807, 2.05) is 36.5 Å². The van der Waals surface area contributed by atoms with Crippen LogP contribution in [0.5, 0.6) is 0 Å². The zero-order valence-corrected chi connectivity index (χ0v) is 11.4. The molecule has 1 aromatic carbocycles. The second-order valence-electron chi connectivity index (χ2n) is 5.46. The molecule has 1 fully saturated rings. The summed E-state index contributed by atoms with van der Waals surface area (Å²) in [4.78, 5) is 15.9. The predicted octanol–water partition coefficient (Wildman–Crippen LogP) is 3.60. The van der Waals surface area contributed by atoms with Crippen LogP contribution in [-0.2, 0) is 0 Å². The second-order valence-corrected chi connectivity index (χ2v) is 5.46. The molecule has 0 saturated heterocycles. The molecular formula is C17H14N2O2. The van der Waals surface area contributed by atoms with E-state index in [9.17, 15) is 9.90 Å². The van der Waals surface area contributed by atoms with Gasteiger partial charge in [-0.2, -0.15) is 0 Å². The fourth-order valence-corrected chi connectivity index (χ4v) is 2.78. The molecule has 1 aliphatic rings. The highest BCUT2D eigenvalue weighted by atomic mass is 16.4. The summed E-state index contributed by atoms with van der Waals surface area (Å²) in [6.45, 7) is 0. The molecule has 0 spiro atoms. The number of aromatic carboxylic acids is 1. The number of carboxylic acids is 1. The Labute approximate surface area is 121 Å². The quantitative estimate of drug-likeness (QED) is 0.796. The Bertz CT molecular complexity index is 842. The average Bonchev–Trinajstić information content (AvgIpc) is 3.25. The van der Waals surface area contributed by atoms with E-state index in [1.165, 1.54) is 0 Å². The van der Waals surface area contributed by atoms with Crippen molar-refractivity contribution in [2.75, 3.05) is 0 Å². The first-order valence-electron chi connectivity index (χ1n) is 7.04. The molecule has 21 heavy (non-hydrogen) atoms. The standard InChI is InChI=1S/C17H14N2O2/c20-17(21)16-9-12(11-5-6-11)10-19(16)15-7-8-18-14-4-2-1-3-13(14)15/h1-4,7-11H,5-6H2,(H,20,21). The lowest BCUT2D eigenvalue weighted by Crippen LogP contribution is -2.06. The van der Waals surface area contributed by atoms with E-state index < -0.39 is 5.97 Å². The number of para-hydroxylation sites is 1. The largest absolute Gasteiger partial charge is 0.477 e. The van der Waals surface area contributed by atoms with Crippen LogP contribution < -0.4 is 0 Å². The van der Waals surface area contributed by atoms with Crippen molar-refractivity contribution < 1.29 is 9.90 Å². The van der Waals surface area contributed by atoms with Crippen molar-refractivity contribution in [2.45, 2.75) is 18.8 Å². The first-order valence-corrected chi connectivity index (χ1v) is 7.04. The van der Waals surface area contributed by atoms with Gasteiger partial charge >= 0.3 is 5.97 Å². The number of benzene rings is 1. The third kappa shape index (κ3) is 2.00. The van der Waals surface area contributed by atoms with Gasteiger partial charge in [-0.15, -0.1) is 0 Å². The van der Waals surface area contributed by atoms with Gasteiger partial charge in [0.1, 0.15) is 5.69 Å². The molecule has 0 unspecified atom stereocenters. The third-order valence-electron chi connectivity index (χ3n) is 3.99. The van der Waals surface area contributed by atoms with Crippen molar-refractivity contribution in [1.82, 2.24) is 9.55 Å². The molecule has 3 aromatic rings. The average molecular weight is 278 g/mol. The van der Waals surface area contributed by atoms with Crippen LogP contribution in [0.2, 0.25) is 0 Å². The van der Waals surface area contributed by atoms with E-state index >= 15 is 0 Å². The van der Waals surface area contributed by atoms with Crippen molar-refractivity contribution >= 4 is 16.9 Å². The summed E-state index contributed by atoms with van der Waals surface area (Å²) in [6, 6.07) is 11.5. The van der Waals surface area contributed by atoms with E-state index in [1.54, 1.807) is 16.8 Å². The van der Waals surface area contributed by atoms with Crippen LogP contribution >= 0.6 is 0 Å². The normalized spacial score (nSPS) is 14.5. The van der Waals surface area contributed by atoms with Crippen LogP contribution in [0.25, 0.3) is 16.6 Å². The van der Waals surface area contributed by atoms with Crippen LogP contribution in [-0.4, -0.2) is 20.6 Å². The van der Waals surface area contributed by atoms with Gasteiger partial charge in [-0.3, -0.25) is 4.98 Å². The molecule has 1 saturated carbocycles. The molecule has 2 heterocycles. The van der Waals surface area contributed by atoms with E-state index in [2.05, 4.69) is 4.98 Å². The molecule has 1 N–H and O–H groups in total. The Morgan fingerprint density at radius 2 is 2.05 bits per heavy atom. The maximum absolute atomic E-state index is 11.6. The molecule has 104 valence electrons. The Morgan fingerprint density at radius 1 is 1.24 bits per heavy atom. The smallest absolute Gasteiger partial charge is 0.352 e. The van der Waals surface area contributed by atoms with Crippen molar-refractivity contribution in [3.63, 3.8) is 0 Å². The summed E-state index contributed by atoms with van der Waals surface area (Å²) in [7, 11) is 0. The molecule has 0 amide bonds. The van der Waals surface area contributed by atoms with Gasteiger partial charge in [0.25, 0.3) is 0 Å². The zero-order valence-electron chi connectivity index (χ0n) is 11.4. The van der Waals surface area contributed by atoms with Gasteiger partial charge in [0.2, 0.25) is 0 Å². The minimum atomic E-state index is -0.900. The SMILES string of the molecule is O=C(O)c1cc(C2CC2)cn1-c1ccnc2ccccc12. The summed E-state index contributed by atoms with van der Waals surface area (Å²) in [5, 5.41) is 10.4. The highest BCUT2D eigenvalue weighted by Crippen LogP contribution is 2.41. The number of rotatable bonds is 3. The van der Waals surface area contributed by atoms with Crippen LogP contribution in [0.15, 0.2) is 48.8 Å². The highest BCUT2D eigenvalue weighted by Gasteiger charge is 2.27. The molecule has 4 heteroatoms. The fraction of sp³-hybridized carbons (Fsp3) is 0.176. The number of aromatic nitrogens is 2. The second kappa shape index (κ2) is 4.45. The molecule has 2 aromatic heterocycles. The lowest BCUT2D eigenvalue weighted by Gasteiger charge is -2.09. The molecular weight excluding hydrogens is 264 g/mol. The van der Waals surface area contributed by atoms with Crippen LogP contribution in [0.1, 0.15) is 34.8 Å². The number of carboxylic acid groups (broad SMARTS) is 1. The maximum atomic E-state index is 11.6. The predicted molar refractivity (Wildman–Crippen MR) is 80.0 cm³/mol. The van der Waals surface area contributed by atoms with Crippen LogP contribution in [0.4, 0.5) is 0 Å². The molecule has 1 aliphatic carbocycles. The van der Waals surface area contributed by atoms with Crippen LogP contribution in [0.3, 0.4) is 0 Å². The summed E-state index contributed by atoms with van der Waals surface area (Å²) >= 11 is 0. The Balaban J connectivity index is 1.97. The number of fused-ring (bicyclic) bond motifs is 1. The van der Waals surface area contributed by atoms with Gasteiger partial charge in [0.05, 0.1) is 11.2 Å². The van der Waals surface area contributed by atoms with Crippen molar-refractivity contribution in [2.24, 2.45) is 0 Å². The lowest BCUT2D eigenvalue weighted by atomic mass is 10.2. The highest BCUT2D eigenvalue weighted by molar-refractivity contribution is 5.91. The number of hydrogen-bond acceptors (Lipinski definition) is 2. The number of pyridine rings is 1. The lowest BCUT2D eigenvalue weighted by molar-refractivity contribution is 0.0688. The van der Waals surface area contributed by atoms with Gasteiger partial charge in [-0.1, -0.05) is 18.2 Å². The van der Waals surface area contributed by atoms with Crippen molar-refractivity contribution in [1.29, 1.82) is 0 Å². The molecule has 0 radical (unpaired) electrons. The maximum Gasteiger partial charge on any atom is 0.352 e. The number of nitrogens with zero attached hydrogens (tertiary/aromatic N) is 2. The van der Waals surface area contributed by atoms with Crippen LogP contribution in [0, 0.1) is 0 Å². The minimum Gasteiger partial charge on any atom is -0.477 e. The van der Waals surface area contributed by atoms with Crippen molar-refractivity contribution in [3.8, 4) is 5.69 Å². The first kappa shape index (κ1) is 12.1. The summed E-state index contributed by atoms with van der Waals surface area (Å²) < 4.78 is 1.78. The van der Waals surface area contributed by atoms with Gasteiger partial charge in [0.15, 0.2) is 0 Å². The molecule has 4 rings (SSSR count). The third-order valence-corrected chi connectivity index (χ3v) is 3.99. The van der Waals surface area contributed by atoms with E-state index in [-0.39, 0.29) is 0 Å². The van der Waals surface area contributed by atoms with Crippen molar-refractivity contribution in [3.05, 3.63) is 60.0 Å². The van der Waals surface area contributed by atoms with Gasteiger partial charge < -0.3 is 9.67 Å². The molecule has 0 atom stereocenters. The number of carbonyl (C=O) groups is 1. The fourth-order valence-electron chi connectivity index (χ4n) is 2.78. The monoisotopic (exact) mass is 278 g/mol. The summed E-state index contributed by atoms with van der Waals surface area (Å²) in [5.74, 6) is -0.375. The Hall–Kier alpha value is -2.62. The molecule has 4 nitrogen and oxygen atoms in total. The van der Waals surface area contributed by atoms with Gasteiger partial charge in [-0.25, -0.2) is 4.79 Å². The minimum absolute atomic E-state index is 0.313. The Morgan fingerprint density at radius 3 is 2.81 bits per heavy atom. The van der Waals surface area contributed by atoms with E-state index in [4.69, 9.17) is 0 Å². The first-order chi connectivity index (χ1) is 10.2. The topological polar surface area (TPSA) is 55.1 Å². The van der Waals surface area contributed by atoms with Gasteiger partial charge in [0, 0.05) is 17.8 Å². The summed E-state index contributed by atoms with van der Waals surface area (Å²) in [5.41, 5.74) is 3.17.